The van der Waals surface area contributed by atoms with Gasteiger partial charge in [0.05, 0.1) is 11.4 Å². The Balaban J connectivity index is 2.44. The number of amides is 1. The molecule has 0 unspecified atom stereocenters. The van der Waals surface area contributed by atoms with Gasteiger partial charge in [0, 0.05) is 4.90 Å². The largest absolute Gasteiger partial charge is 0.324 e. The molecule has 62 valence electrons. The van der Waals surface area contributed by atoms with Gasteiger partial charge in [0.25, 0.3) is 0 Å². The van der Waals surface area contributed by atoms with Crippen LogP contribution in [0.4, 0.5) is 10.1 Å². The van der Waals surface area contributed by atoms with Crippen molar-refractivity contribution in [2.24, 2.45) is 0 Å². The molecule has 0 saturated heterocycles. The van der Waals surface area contributed by atoms with Gasteiger partial charge >= 0.3 is 0 Å². The van der Waals surface area contributed by atoms with Crippen molar-refractivity contribution < 1.29 is 9.18 Å². The molecule has 0 radical (unpaired) electrons. The van der Waals surface area contributed by atoms with E-state index in [9.17, 15) is 9.18 Å². The lowest BCUT2D eigenvalue weighted by Crippen LogP contribution is -2.18. The van der Waals surface area contributed by atoms with Crippen molar-refractivity contribution in [3.63, 3.8) is 0 Å². The number of benzene rings is 1. The van der Waals surface area contributed by atoms with E-state index in [0.717, 1.165) is 4.90 Å². The lowest BCUT2D eigenvalue weighted by molar-refractivity contribution is -0.113. The standard InChI is InChI=1S/C8H6FNOS/c9-5-1-2-7-6(3-5)10-8(11)4-12-7/h1-3H,4H2,(H,10,11). The van der Waals surface area contributed by atoms with Gasteiger partial charge in [0.1, 0.15) is 5.82 Å². The highest BCUT2D eigenvalue weighted by Crippen LogP contribution is 2.31. The third-order valence-corrected chi connectivity index (χ3v) is 2.65. The number of hydrogen-bond acceptors (Lipinski definition) is 2. The van der Waals surface area contributed by atoms with Gasteiger partial charge in [-0.2, -0.15) is 0 Å². The van der Waals surface area contributed by atoms with E-state index in [1.165, 1.54) is 23.9 Å². The molecule has 1 aliphatic rings. The number of rotatable bonds is 0. The zero-order valence-electron chi connectivity index (χ0n) is 6.13. The predicted octanol–water partition coefficient (Wildman–Crippen LogP) is 1.87. The van der Waals surface area contributed by atoms with Crippen LogP contribution in [-0.4, -0.2) is 11.7 Å². The van der Waals surface area contributed by atoms with E-state index in [4.69, 9.17) is 0 Å². The van der Waals surface area contributed by atoms with Crippen LogP contribution >= 0.6 is 11.8 Å². The van der Waals surface area contributed by atoms with Crippen LogP contribution in [0.1, 0.15) is 0 Å². The average molecular weight is 183 g/mol. The molecule has 0 spiro atoms. The summed E-state index contributed by atoms with van der Waals surface area (Å²) in [7, 11) is 0. The lowest BCUT2D eigenvalue weighted by Gasteiger charge is -2.15. The Bertz CT molecular complexity index is 340. The molecular formula is C8H6FNOS. The first-order valence-electron chi connectivity index (χ1n) is 3.48. The molecule has 0 fully saturated rings. The molecule has 0 atom stereocenters. The topological polar surface area (TPSA) is 29.1 Å². The van der Waals surface area contributed by atoms with Gasteiger partial charge in [-0.3, -0.25) is 4.79 Å². The van der Waals surface area contributed by atoms with Crippen molar-refractivity contribution in [2.75, 3.05) is 11.1 Å². The highest BCUT2D eigenvalue weighted by molar-refractivity contribution is 8.00. The van der Waals surface area contributed by atoms with Gasteiger partial charge in [-0.1, -0.05) is 0 Å². The Morgan fingerprint density at radius 3 is 3.17 bits per heavy atom. The summed E-state index contributed by atoms with van der Waals surface area (Å²) in [6.07, 6.45) is 0. The number of nitrogens with one attached hydrogen (secondary N) is 1. The van der Waals surface area contributed by atoms with Gasteiger partial charge in [-0.15, -0.1) is 11.8 Å². The molecule has 0 bridgehead atoms. The summed E-state index contributed by atoms with van der Waals surface area (Å²) < 4.78 is 12.7. The van der Waals surface area contributed by atoms with Crippen molar-refractivity contribution in [3.05, 3.63) is 24.0 Å². The quantitative estimate of drug-likeness (QED) is 0.665. The molecule has 1 aromatic carbocycles. The summed E-state index contributed by atoms with van der Waals surface area (Å²) in [4.78, 5) is 11.8. The Kier molecular flexibility index (Phi) is 1.77. The van der Waals surface area contributed by atoms with Crippen LogP contribution in [0.2, 0.25) is 0 Å². The summed E-state index contributed by atoms with van der Waals surface area (Å²) in [5.41, 5.74) is 0.580. The number of thioether (sulfide) groups is 1. The highest BCUT2D eigenvalue weighted by Gasteiger charge is 2.14. The maximum atomic E-state index is 12.7. The zero-order chi connectivity index (χ0) is 8.55. The van der Waals surface area contributed by atoms with Crippen LogP contribution in [-0.2, 0) is 4.79 Å². The molecule has 1 aliphatic heterocycles. The molecule has 4 heteroatoms. The first-order chi connectivity index (χ1) is 5.75. The average Bonchev–Trinajstić information content (AvgIpc) is 2.03. The molecule has 0 aromatic heterocycles. The third kappa shape index (κ3) is 1.30. The molecule has 1 heterocycles. The number of carbonyl (C=O) groups is 1. The van der Waals surface area contributed by atoms with Crippen molar-refractivity contribution >= 4 is 23.4 Å². The minimum Gasteiger partial charge on any atom is -0.324 e. The fourth-order valence-electron chi connectivity index (χ4n) is 1.06. The van der Waals surface area contributed by atoms with Crippen LogP contribution in [0, 0.1) is 5.82 Å². The number of hydrogen-bond donors (Lipinski definition) is 1. The molecule has 1 amide bonds. The molecule has 12 heavy (non-hydrogen) atoms. The number of anilines is 1. The highest BCUT2D eigenvalue weighted by atomic mass is 32.2. The second-order valence-electron chi connectivity index (χ2n) is 2.48. The second-order valence-corrected chi connectivity index (χ2v) is 3.49. The molecule has 1 N–H and O–H groups in total. The minimum atomic E-state index is -0.323. The third-order valence-electron chi connectivity index (χ3n) is 1.57. The zero-order valence-corrected chi connectivity index (χ0v) is 6.95. The van der Waals surface area contributed by atoms with Crippen LogP contribution in [0.3, 0.4) is 0 Å². The summed E-state index contributed by atoms with van der Waals surface area (Å²) in [5, 5.41) is 2.60. The van der Waals surface area contributed by atoms with Crippen LogP contribution in [0.15, 0.2) is 23.1 Å². The summed E-state index contributed by atoms with van der Waals surface area (Å²) >= 11 is 1.43. The van der Waals surface area contributed by atoms with Gasteiger partial charge in [0.2, 0.25) is 5.91 Å². The second kappa shape index (κ2) is 2.79. The molecule has 2 nitrogen and oxygen atoms in total. The first kappa shape index (κ1) is 7.61. The fourth-order valence-corrected chi connectivity index (χ4v) is 1.84. The van der Waals surface area contributed by atoms with E-state index in [-0.39, 0.29) is 11.7 Å². The van der Waals surface area contributed by atoms with Crippen LogP contribution < -0.4 is 5.32 Å². The van der Waals surface area contributed by atoms with Gasteiger partial charge < -0.3 is 5.32 Å². The van der Waals surface area contributed by atoms with Crippen molar-refractivity contribution in [1.29, 1.82) is 0 Å². The van der Waals surface area contributed by atoms with E-state index in [0.29, 0.717) is 11.4 Å². The molecular weight excluding hydrogens is 177 g/mol. The van der Waals surface area contributed by atoms with Gasteiger partial charge in [0.15, 0.2) is 0 Å². The van der Waals surface area contributed by atoms with E-state index in [1.54, 1.807) is 6.07 Å². The lowest BCUT2D eigenvalue weighted by atomic mass is 10.3. The number of fused-ring (bicyclic) bond motifs is 1. The normalized spacial score (nSPS) is 15.2. The van der Waals surface area contributed by atoms with Crippen molar-refractivity contribution in [2.45, 2.75) is 4.90 Å². The Morgan fingerprint density at radius 1 is 1.50 bits per heavy atom. The molecule has 0 saturated carbocycles. The van der Waals surface area contributed by atoms with E-state index >= 15 is 0 Å². The Morgan fingerprint density at radius 2 is 2.33 bits per heavy atom. The Labute approximate surface area is 73.2 Å². The maximum absolute atomic E-state index is 12.7. The van der Waals surface area contributed by atoms with E-state index in [1.807, 2.05) is 0 Å². The molecule has 2 rings (SSSR count). The summed E-state index contributed by atoms with van der Waals surface area (Å²) in [6, 6.07) is 4.40. The summed E-state index contributed by atoms with van der Waals surface area (Å²) in [6.45, 7) is 0. The number of carbonyl (C=O) groups excluding carboxylic acids is 1. The predicted molar refractivity (Wildman–Crippen MR) is 45.8 cm³/mol. The van der Waals surface area contributed by atoms with Crippen LogP contribution in [0.25, 0.3) is 0 Å². The first-order valence-corrected chi connectivity index (χ1v) is 4.46. The smallest absolute Gasteiger partial charge is 0.234 e. The molecule has 1 aromatic rings. The monoisotopic (exact) mass is 183 g/mol. The van der Waals surface area contributed by atoms with E-state index in [2.05, 4.69) is 5.32 Å². The van der Waals surface area contributed by atoms with Crippen molar-refractivity contribution in [3.8, 4) is 0 Å². The van der Waals surface area contributed by atoms with Gasteiger partial charge in [-0.25, -0.2) is 4.39 Å². The number of halogens is 1. The minimum absolute atomic E-state index is 0.0712. The molecule has 0 aliphatic carbocycles. The SMILES string of the molecule is O=C1CSc2ccc(F)cc2N1. The fraction of sp³-hybridized carbons (Fsp3) is 0.125. The Hall–Kier alpha value is -1.03. The van der Waals surface area contributed by atoms with Crippen LogP contribution in [0.5, 0.6) is 0 Å². The van der Waals surface area contributed by atoms with Gasteiger partial charge in [-0.05, 0) is 18.2 Å². The maximum Gasteiger partial charge on any atom is 0.234 e. The van der Waals surface area contributed by atoms with Crippen molar-refractivity contribution in [1.82, 2.24) is 0 Å². The van der Waals surface area contributed by atoms with E-state index < -0.39 is 0 Å². The summed E-state index contributed by atoms with van der Waals surface area (Å²) in [5.74, 6) is 0.0215.